The van der Waals surface area contributed by atoms with Gasteiger partial charge in [-0.2, -0.15) is 0 Å². The summed E-state index contributed by atoms with van der Waals surface area (Å²) in [7, 11) is -3.80. The highest BCUT2D eigenvalue weighted by Gasteiger charge is 2.44. The number of fused-ring (bicyclic) bond motifs is 1. The Balaban J connectivity index is 2.42. The molecule has 0 N–H and O–H groups in total. The van der Waals surface area contributed by atoms with E-state index in [4.69, 9.17) is 4.74 Å². The van der Waals surface area contributed by atoms with E-state index < -0.39 is 31.9 Å². The summed E-state index contributed by atoms with van der Waals surface area (Å²) < 4.78 is 42.7. The van der Waals surface area contributed by atoms with Crippen LogP contribution in [0.1, 0.15) is 20.3 Å². The average Bonchev–Trinajstić information content (AvgIpc) is 2.56. The Morgan fingerprint density at radius 1 is 1.42 bits per heavy atom. The molecule has 0 fully saturated rings. The van der Waals surface area contributed by atoms with Crippen LogP contribution in [0.4, 0.5) is 4.39 Å². The van der Waals surface area contributed by atoms with Crippen molar-refractivity contribution in [1.29, 1.82) is 0 Å². The summed E-state index contributed by atoms with van der Waals surface area (Å²) in [5, 5.41) is 0.0605. The number of hydrogen-bond acceptors (Lipinski definition) is 6. The maximum absolute atomic E-state index is 14.0. The minimum absolute atomic E-state index is 0.0373. The molecule has 2 rings (SSSR count). The number of rotatable bonds is 6. The highest BCUT2D eigenvalue weighted by Crippen LogP contribution is 2.24. The predicted octanol–water partition coefficient (Wildman–Crippen LogP) is 2.05. The molecule has 142 valence electrons. The second kappa shape index (κ2) is 7.43. The number of sulfone groups is 1. The Morgan fingerprint density at radius 2 is 2.08 bits per heavy atom. The zero-order chi connectivity index (χ0) is 19.7. The summed E-state index contributed by atoms with van der Waals surface area (Å²) in [6, 6.07) is 2.82. The molecule has 2 aromatic rings. The van der Waals surface area contributed by atoms with E-state index in [1.165, 1.54) is 19.1 Å². The number of carbonyl (C=O) groups is 1. The molecule has 0 aliphatic heterocycles. The molecule has 26 heavy (non-hydrogen) atoms. The van der Waals surface area contributed by atoms with Crippen LogP contribution in [0.5, 0.6) is 0 Å². The van der Waals surface area contributed by atoms with E-state index in [1.807, 2.05) is 0 Å². The highest BCUT2D eigenvalue weighted by atomic mass is 79.9. The molecular weight excluding hydrogens is 431 g/mol. The smallest absolute Gasteiger partial charge is 0.327 e. The van der Waals surface area contributed by atoms with Gasteiger partial charge in [0, 0.05) is 12.8 Å². The Labute approximate surface area is 158 Å². The predicted molar refractivity (Wildman–Crippen MR) is 98.2 cm³/mol. The number of halogens is 2. The summed E-state index contributed by atoms with van der Waals surface area (Å²) in [4.78, 5) is 28.6. The van der Waals surface area contributed by atoms with Crippen LogP contribution >= 0.6 is 15.9 Å². The van der Waals surface area contributed by atoms with Crippen molar-refractivity contribution < 1.29 is 22.3 Å². The van der Waals surface area contributed by atoms with Crippen LogP contribution in [0.15, 0.2) is 27.7 Å². The van der Waals surface area contributed by atoms with Crippen LogP contribution in [0.25, 0.3) is 10.9 Å². The molecule has 0 saturated carbocycles. The lowest BCUT2D eigenvalue weighted by molar-refractivity contribution is -0.146. The van der Waals surface area contributed by atoms with Crippen molar-refractivity contribution in [3.8, 4) is 0 Å². The number of benzene rings is 1. The molecule has 0 amide bonds. The Morgan fingerprint density at radius 3 is 2.65 bits per heavy atom. The quantitative estimate of drug-likeness (QED) is 0.627. The van der Waals surface area contributed by atoms with E-state index in [-0.39, 0.29) is 34.9 Å². The lowest BCUT2D eigenvalue weighted by Crippen LogP contribution is -2.45. The van der Waals surface area contributed by atoms with Gasteiger partial charge in [0.05, 0.1) is 22.8 Å². The van der Waals surface area contributed by atoms with Crippen LogP contribution in [-0.2, 0) is 25.9 Å². The van der Waals surface area contributed by atoms with Gasteiger partial charge in [0.25, 0.3) is 5.56 Å². The number of hydrogen-bond donors (Lipinski definition) is 0. The third kappa shape index (κ3) is 3.66. The summed E-state index contributed by atoms with van der Waals surface area (Å²) in [6.07, 6.45) is 1.89. The molecule has 0 radical (unpaired) electrons. The summed E-state index contributed by atoms with van der Waals surface area (Å²) in [5.41, 5.74) is -0.613. The molecule has 0 unspecified atom stereocenters. The van der Waals surface area contributed by atoms with Gasteiger partial charge in [-0.3, -0.25) is 14.2 Å². The first-order chi connectivity index (χ1) is 12.0. The number of aromatic nitrogens is 2. The highest BCUT2D eigenvalue weighted by molar-refractivity contribution is 9.10. The summed E-state index contributed by atoms with van der Waals surface area (Å²) in [6.45, 7) is 2.78. The lowest BCUT2D eigenvalue weighted by Gasteiger charge is -2.25. The molecular formula is C16H18BrFN2O5S. The largest absolute Gasteiger partial charge is 0.465 e. The van der Waals surface area contributed by atoms with E-state index in [0.717, 1.165) is 17.2 Å². The first kappa shape index (κ1) is 20.5. The second-order valence-electron chi connectivity index (χ2n) is 5.97. The van der Waals surface area contributed by atoms with Gasteiger partial charge >= 0.3 is 5.97 Å². The van der Waals surface area contributed by atoms with Gasteiger partial charge in [-0.25, -0.2) is 17.8 Å². The molecule has 0 aliphatic carbocycles. The van der Waals surface area contributed by atoms with Crippen molar-refractivity contribution >= 4 is 42.6 Å². The average molecular weight is 449 g/mol. The van der Waals surface area contributed by atoms with Crippen LogP contribution < -0.4 is 5.56 Å². The Kier molecular flexibility index (Phi) is 5.86. The Hall–Kier alpha value is -1.81. The van der Waals surface area contributed by atoms with Gasteiger partial charge < -0.3 is 4.74 Å². The molecule has 1 aromatic heterocycles. The van der Waals surface area contributed by atoms with Gasteiger partial charge in [0.2, 0.25) is 0 Å². The van der Waals surface area contributed by atoms with E-state index in [2.05, 4.69) is 20.9 Å². The maximum Gasteiger partial charge on any atom is 0.327 e. The van der Waals surface area contributed by atoms with Crippen LogP contribution in [-0.4, -0.2) is 41.5 Å². The maximum atomic E-state index is 14.0. The fourth-order valence-electron chi connectivity index (χ4n) is 2.39. The molecule has 0 saturated heterocycles. The van der Waals surface area contributed by atoms with Crippen molar-refractivity contribution in [1.82, 2.24) is 9.55 Å². The summed E-state index contributed by atoms with van der Waals surface area (Å²) in [5.74, 6) is -1.53. The molecule has 10 heteroatoms. The van der Waals surface area contributed by atoms with E-state index in [9.17, 15) is 22.4 Å². The van der Waals surface area contributed by atoms with Crippen molar-refractivity contribution in [2.75, 3.05) is 12.9 Å². The second-order valence-corrected chi connectivity index (χ2v) is 9.27. The van der Waals surface area contributed by atoms with Crippen molar-refractivity contribution in [3.63, 3.8) is 0 Å². The van der Waals surface area contributed by atoms with Crippen molar-refractivity contribution in [2.45, 2.75) is 31.6 Å². The van der Waals surface area contributed by atoms with Gasteiger partial charge in [-0.15, -0.1) is 0 Å². The normalized spacial score (nSPS) is 14.2. The van der Waals surface area contributed by atoms with Crippen LogP contribution in [0.3, 0.4) is 0 Å². The number of ether oxygens (including phenoxy) is 1. The monoisotopic (exact) mass is 448 g/mol. The fraction of sp³-hybridized carbons (Fsp3) is 0.438. The first-order valence-electron chi connectivity index (χ1n) is 7.73. The molecule has 0 spiro atoms. The van der Waals surface area contributed by atoms with Gasteiger partial charge in [0.15, 0.2) is 20.4 Å². The zero-order valence-corrected chi connectivity index (χ0v) is 16.9. The topological polar surface area (TPSA) is 95.3 Å². The van der Waals surface area contributed by atoms with Gasteiger partial charge in [-0.05, 0) is 48.3 Å². The minimum Gasteiger partial charge on any atom is -0.465 e. The molecule has 1 heterocycles. The standard InChI is InChI=1S/C16H18BrFN2O5S/c1-4-25-15(22)16(2,26(3,23)24)7-8-20-9-19-13-10(14(20)21)5-6-11(17)12(13)18/h5-6,9H,4,7-8H2,1-3H3/t16-/m1/s1. The SMILES string of the molecule is CCOC(=O)[C@@](C)(CCn1cnc2c(F)c(Br)ccc2c1=O)S(C)(=O)=O. The first-order valence-corrected chi connectivity index (χ1v) is 10.4. The van der Waals surface area contributed by atoms with Crippen molar-refractivity contribution in [3.05, 3.63) is 39.1 Å². The van der Waals surface area contributed by atoms with Crippen LogP contribution in [0, 0.1) is 5.82 Å². The van der Waals surface area contributed by atoms with Crippen molar-refractivity contribution in [2.24, 2.45) is 0 Å². The van der Waals surface area contributed by atoms with E-state index in [0.29, 0.717) is 0 Å². The van der Waals surface area contributed by atoms with Crippen LogP contribution in [0.2, 0.25) is 0 Å². The van der Waals surface area contributed by atoms with Gasteiger partial charge in [0.1, 0.15) is 5.52 Å². The minimum atomic E-state index is -3.80. The molecule has 1 aromatic carbocycles. The number of nitrogens with zero attached hydrogens (tertiary/aromatic N) is 2. The molecule has 7 nitrogen and oxygen atoms in total. The number of esters is 1. The zero-order valence-electron chi connectivity index (χ0n) is 14.5. The fourth-order valence-corrected chi connectivity index (χ4v) is 3.53. The van der Waals surface area contributed by atoms with E-state index in [1.54, 1.807) is 6.92 Å². The molecule has 0 aliphatic rings. The number of aryl methyl sites for hydroxylation is 1. The number of carbonyl (C=O) groups excluding carboxylic acids is 1. The summed E-state index contributed by atoms with van der Waals surface area (Å²) >= 11 is 3.03. The van der Waals surface area contributed by atoms with E-state index >= 15 is 0 Å². The molecule has 0 bridgehead atoms. The third-order valence-corrected chi connectivity index (χ3v) is 6.86. The lowest BCUT2D eigenvalue weighted by atomic mass is 10.1. The van der Waals surface area contributed by atoms with Gasteiger partial charge in [-0.1, -0.05) is 0 Å². The molecule has 1 atom stereocenters. The third-order valence-electron chi connectivity index (χ3n) is 4.24. The Bertz CT molecular complexity index is 1020.